The van der Waals surface area contributed by atoms with Gasteiger partial charge < -0.3 is 14.8 Å². The van der Waals surface area contributed by atoms with Crippen LogP contribution in [-0.2, 0) is 29.0 Å². The summed E-state index contributed by atoms with van der Waals surface area (Å²) in [5.74, 6) is 0.146. The molecule has 0 atom stereocenters. The quantitative estimate of drug-likeness (QED) is 0.752. The summed E-state index contributed by atoms with van der Waals surface area (Å²) in [6, 6.07) is 11.0. The third-order valence-corrected chi connectivity index (χ3v) is 4.45. The summed E-state index contributed by atoms with van der Waals surface area (Å²) in [7, 11) is 0. The smallest absolute Gasteiger partial charge is 0.306 e. The van der Waals surface area contributed by atoms with E-state index in [1.165, 1.54) is 11.6 Å². The SMILES string of the molecule is CCOC(=O)CCc1ccc(COc2ccc3c(c2)NCCC3)cc1F. The summed E-state index contributed by atoms with van der Waals surface area (Å²) in [6.45, 7) is 3.38. The molecule has 2 aromatic carbocycles. The highest BCUT2D eigenvalue weighted by Crippen LogP contribution is 2.27. The first kappa shape index (κ1) is 18.2. The Balaban J connectivity index is 1.57. The molecule has 0 aliphatic carbocycles. The van der Waals surface area contributed by atoms with Crippen molar-refractivity contribution in [2.75, 3.05) is 18.5 Å². The second-order valence-electron chi connectivity index (χ2n) is 6.37. The Bertz CT molecular complexity index is 776. The van der Waals surface area contributed by atoms with Crippen LogP contribution in [0.3, 0.4) is 0 Å². The number of fused-ring (bicyclic) bond motifs is 1. The van der Waals surface area contributed by atoms with Crippen LogP contribution in [0.4, 0.5) is 10.1 Å². The van der Waals surface area contributed by atoms with E-state index >= 15 is 0 Å². The highest BCUT2D eigenvalue weighted by molar-refractivity contribution is 5.69. The van der Waals surface area contributed by atoms with Gasteiger partial charge in [0.25, 0.3) is 0 Å². The first-order chi connectivity index (χ1) is 12.7. The fourth-order valence-corrected chi connectivity index (χ4v) is 3.05. The average Bonchev–Trinajstić information content (AvgIpc) is 2.65. The van der Waals surface area contributed by atoms with Crippen molar-refractivity contribution < 1.29 is 18.7 Å². The minimum Gasteiger partial charge on any atom is -0.489 e. The van der Waals surface area contributed by atoms with Gasteiger partial charge in [0.15, 0.2) is 0 Å². The predicted octanol–water partition coefficient (Wildman–Crippen LogP) is 4.26. The molecule has 5 heteroatoms. The van der Waals surface area contributed by atoms with Crippen LogP contribution in [0.2, 0.25) is 0 Å². The number of carbonyl (C=O) groups is 1. The van der Waals surface area contributed by atoms with Crippen molar-refractivity contribution in [3.05, 3.63) is 58.9 Å². The number of benzene rings is 2. The molecule has 0 saturated heterocycles. The molecule has 0 fully saturated rings. The van der Waals surface area contributed by atoms with Gasteiger partial charge in [0.05, 0.1) is 6.61 Å². The number of rotatable bonds is 7. The molecule has 4 nitrogen and oxygen atoms in total. The number of carbonyl (C=O) groups excluding carboxylic acids is 1. The van der Waals surface area contributed by atoms with Gasteiger partial charge in [-0.3, -0.25) is 4.79 Å². The zero-order valence-electron chi connectivity index (χ0n) is 15.0. The van der Waals surface area contributed by atoms with Crippen LogP contribution in [0.25, 0.3) is 0 Å². The molecular weight excluding hydrogens is 333 g/mol. The summed E-state index contributed by atoms with van der Waals surface area (Å²) >= 11 is 0. The van der Waals surface area contributed by atoms with E-state index in [-0.39, 0.29) is 18.2 Å². The van der Waals surface area contributed by atoms with Crippen molar-refractivity contribution >= 4 is 11.7 Å². The molecule has 0 spiro atoms. The molecule has 1 aliphatic heterocycles. The number of halogens is 1. The van der Waals surface area contributed by atoms with Gasteiger partial charge in [-0.25, -0.2) is 4.39 Å². The number of hydrogen-bond acceptors (Lipinski definition) is 4. The number of ether oxygens (including phenoxy) is 2. The molecule has 26 heavy (non-hydrogen) atoms. The third-order valence-electron chi connectivity index (χ3n) is 4.45. The predicted molar refractivity (Wildman–Crippen MR) is 98.9 cm³/mol. The van der Waals surface area contributed by atoms with Crippen molar-refractivity contribution in [3.63, 3.8) is 0 Å². The number of esters is 1. The molecule has 3 rings (SSSR count). The van der Waals surface area contributed by atoms with Crippen molar-refractivity contribution in [3.8, 4) is 5.75 Å². The Morgan fingerprint density at radius 2 is 2.12 bits per heavy atom. The Hall–Kier alpha value is -2.56. The fraction of sp³-hybridized carbons (Fsp3) is 0.381. The lowest BCUT2D eigenvalue weighted by molar-refractivity contribution is -0.143. The van der Waals surface area contributed by atoms with E-state index in [4.69, 9.17) is 9.47 Å². The second kappa shape index (κ2) is 8.70. The Kier molecular flexibility index (Phi) is 6.10. The largest absolute Gasteiger partial charge is 0.489 e. The third kappa shape index (κ3) is 4.75. The number of aryl methyl sites for hydroxylation is 2. The van der Waals surface area contributed by atoms with E-state index in [9.17, 15) is 9.18 Å². The van der Waals surface area contributed by atoms with Gasteiger partial charge in [0, 0.05) is 24.7 Å². The molecule has 2 aromatic rings. The molecule has 138 valence electrons. The summed E-state index contributed by atoms with van der Waals surface area (Å²) in [5.41, 5.74) is 3.70. The molecule has 1 heterocycles. The van der Waals surface area contributed by atoms with Gasteiger partial charge in [-0.1, -0.05) is 18.2 Å². The molecular formula is C21H24FNO3. The van der Waals surface area contributed by atoms with E-state index in [2.05, 4.69) is 11.4 Å². The first-order valence-corrected chi connectivity index (χ1v) is 9.08. The molecule has 0 radical (unpaired) electrons. The van der Waals surface area contributed by atoms with Crippen LogP contribution in [0.1, 0.15) is 36.5 Å². The van der Waals surface area contributed by atoms with Crippen LogP contribution in [0, 0.1) is 5.82 Å². The lowest BCUT2D eigenvalue weighted by atomic mass is 10.0. The summed E-state index contributed by atoms with van der Waals surface area (Å²) in [5, 5.41) is 3.37. The minimum absolute atomic E-state index is 0.183. The van der Waals surface area contributed by atoms with Crippen LogP contribution in [-0.4, -0.2) is 19.1 Å². The van der Waals surface area contributed by atoms with Crippen molar-refractivity contribution in [2.24, 2.45) is 0 Å². The van der Waals surface area contributed by atoms with Gasteiger partial charge in [-0.2, -0.15) is 0 Å². The number of anilines is 1. The average molecular weight is 357 g/mol. The zero-order chi connectivity index (χ0) is 18.4. The standard InChI is InChI=1S/C21H24FNO3/c1-2-25-21(24)10-8-16-6-5-15(12-19(16)22)14-26-18-9-7-17-4-3-11-23-20(17)13-18/h5-7,9,12-13,23H,2-4,8,10-11,14H2,1H3. The maximum atomic E-state index is 14.2. The van der Waals surface area contributed by atoms with Gasteiger partial charge in [0.1, 0.15) is 18.2 Å². The Morgan fingerprint density at radius 1 is 1.23 bits per heavy atom. The maximum absolute atomic E-state index is 14.2. The lowest BCUT2D eigenvalue weighted by Crippen LogP contribution is -2.11. The second-order valence-corrected chi connectivity index (χ2v) is 6.37. The van der Waals surface area contributed by atoms with E-state index in [1.807, 2.05) is 18.2 Å². The van der Waals surface area contributed by atoms with Crippen LogP contribution in [0.5, 0.6) is 5.75 Å². The molecule has 0 bridgehead atoms. The lowest BCUT2D eigenvalue weighted by Gasteiger charge is -2.18. The first-order valence-electron chi connectivity index (χ1n) is 9.08. The molecule has 0 amide bonds. The van der Waals surface area contributed by atoms with E-state index in [0.717, 1.165) is 36.4 Å². The van der Waals surface area contributed by atoms with Crippen molar-refractivity contribution in [1.82, 2.24) is 0 Å². The Morgan fingerprint density at radius 3 is 2.92 bits per heavy atom. The summed E-state index contributed by atoms with van der Waals surface area (Å²) in [4.78, 5) is 11.4. The topological polar surface area (TPSA) is 47.6 Å². The molecule has 1 aliphatic rings. The van der Waals surface area contributed by atoms with Gasteiger partial charge >= 0.3 is 5.97 Å². The number of nitrogens with one attached hydrogen (secondary N) is 1. The van der Waals surface area contributed by atoms with Crippen molar-refractivity contribution in [1.29, 1.82) is 0 Å². The molecule has 0 saturated carbocycles. The van der Waals surface area contributed by atoms with Gasteiger partial charge in [0.2, 0.25) is 0 Å². The van der Waals surface area contributed by atoms with Crippen LogP contribution in [0.15, 0.2) is 36.4 Å². The zero-order valence-corrected chi connectivity index (χ0v) is 15.0. The Labute approximate surface area is 153 Å². The fourth-order valence-electron chi connectivity index (χ4n) is 3.05. The van der Waals surface area contributed by atoms with Gasteiger partial charge in [-0.15, -0.1) is 0 Å². The maximum Gasteiger partial charge on any atom is 0.306 e. The number of hydrogen-bond donors (Lipinski definition) is 1. The minimum atomic E-state index is -0.317. The summed E-state index contributed by atoms with van der Waals surface area (Å²) < 4.78 is 24.9. The normalized spacial score (nSPS) is 12.8. The monoisotopic (exact) mass is 357 g/mol. The van der Waals surface area contributed by atoms with Crippen molar-refractivity contribution in [2.45, 2.75) is 39.2 Å². The summed E-state index contributed by atoms with van der Waals surface area (Å²) in [6.07, 6.45) is 2.75. The van der Waals surface area contributed by atoms with E-state index < -0.39 is 0 Å². The highest BCUT2D eigenvalue weighted by Gasteiger charge is 2.10. The van der Waals surface area contributed by atoms with Gasteiger partial charge in [-0.05, 0) is 55.0 Å². The highest BCUT2D eigenvalue weighted by atomic mass is 19.1. The van der Waals surface area contributed by atoms with Crippen LogP contribution < -0.4 is 10.1 Å². The molecule has 0 unspecified atom stereocenters. The van der Waals surface area contributed by atoms with Crippen LogP contribution >= 0.6 is 0 Å². The molecule has 0 aromatic heterocycles. The van der Waals surface area contributed by atoms with E-state index in [1.54, 1.807) is 13.0 Å². The molecule has 1 N–H and O–H groups in total. The van der Waals surface area contributed by atoms with E-state index in [0.29, 0.717) is 25.2 Å².